The van der Waals surface area contributed by atoms with Gasteiger partial charge in [-0.3, -0.25) is 4.79 Å². The lowest BCUT2D eigenvalue weighted by molar-refractivity contribution is -0.121. The van der Waals surface area contributed by atoms with Crippen molar-refractivity contribution in [3.8, 4) is 5.75 Å². The van der Waals surface area contributed by atoms with Crippen molar-refractivity contribution in [1.29, 1.82) is 0 Å². The Morgan fingerprint density at radius 1 is 1.05 bits per heavy atom. The van der Waals surface area contributed by atoms with Gasteiger partial charge in [0.05, 0.1) is 13.4 Å². The van der Waals surface area contributed by atoms with Gasteiger partial charge in [0.15, 0.2) is 11.5 Å². The van der Waals surface area contributed by atoms with Crippen LogP contribution in [0.5, 0.6) is 5.75 Å². The molecule has 0 bridgehead atoms. The minimum absolute atomic E-state index is 0.00601. The molecule has 1 fully saturated rings. The SMILES string of the molecule is COc1cccc(N2CCN(c3ccc4nnc(CCC(=O)NC(C)CCc5ccco5)n4n3)CC2)c1. The molecule has 0 spiro atoms. The number of fused-ring (bicyclic) bond motifs is 1. The van der Waals surface area contributed by atoms with E-state index in [9.17, 15) is 4.79 Å². The summed E-state index contributed by atoms with van der Waals surface area (Å²) in [4.78, 5) is 17.1. The minimum atomic E-state index is -0.00601. The Kier molecular flexibility index (Phi) is 7.53. The number of piperazine rings is 1. The zero-order chi connectivity index (χ0) is 25.6. The van der Waals surface area contributed by atoms with Crippen LogP contribution in [-0.4, -0.2) is 65.0 Å². The Morgan fingerprint density at radius 3 is 2.68 bits per heavy atom. The molecule has 1 amide bonds. The van der Waals surface area contributed by atoms with Gasteiger partial charge in [-0.05, 0) is 49.7 Å². The highest BCUT2D eigenvalue weighted by molar-refractivity contribution is 5.76. The summed E-state index contributed by atoms with van der Waals surface area (Å²) in [5.41, 5.74) is 1.85. The summed E-state index contributed by atoms with van der Waals surface area (Å²) in [5.74, 6) is 3.36. The third-order valence-corrected chi connectivity index (χ3v) is 6.72. The monoisotopic (exact) mass is 503 g/mol. The number of hydrogen-bond donors (Lipinski definition) is 1. The number of hydrogen-bond acceptors (Lipinski definition) is 8. The number of carbonyl (C=O) groups excluding carboxylic acids is 1. The van der Waals surface area contributed by atoms with E-state index in [-0.39, 0.29) is 11.9 Å². The number of carbonyl (C=O) groups is 1. The molecular weight excluding hydrogens is 470 g/mol. The van der Waals surface area contributed by atoms with Gasteiger partial charge < -0.3 is 24.3 Å². The Hall–Kier alpha value is -4.08. The molecule has 37 heavy (non-hydrogen) atoms. The summed E-state index contributed by atoms with van der Waals surface area (Å²) in [6, 6.07) is 16.0. The van der Waals surface area contributed by atoms with Gasteiger partial charge in [0, 0.05) is 63.2 Å². The summed E-state index contributed by atoms with van der Waals surface area (Å²) in [7, 11) is 1.69. The molecule has 4 aromatic rings. The average molecular weight is 504 g/mol. The van der Waals surface area contributed by atoms with Crippen LogP contribution in [0.3, 0.4) is 0 Å². The number of nitrogens with one attached hydrogen (secondary N) is 1. The first-order valence-corrected chi connectivity index (χ1v) is 12.8. The second-order valence-electron chi connectivity index (χ2n) is 9.34. The van der Waals surface area contributed by atoms with Gasteiger partial charge in [0.25, 0.3) is 0 Å². The van der Waals surface area contributed by atoms with Crippen LogP contribution < -0.4 is 19.9 Å². The molecule has 1 unspecified atom stereocenters. The second-order valence-corrected chi connectivity index (χ2v) is 9.34. The number of furan rings is 1. The van der Waals surface area contributed by atoms with Gasteiger partial charge >= 0.3 is 0 Å². The fraction of sp³-hybridized carbons (Fsp3) is 0.407. The Morgan fingerprint density at radius 2 is 1.89 bits per heavy atom. The maximum absolute atomic E-state index is 12.5. The predicted molar refractivity (Wildman–Crippen MR) is 141 cm³/mol. The molecule has 1 aliphatic rings. The molecular formula is C27H33N7O3. The minimum Gasteiger partial charge on any atom is -0.497 e. The van der Waals surface area contributed by atoms with Crippen LogP contribution >= 0.6 is 0 Å². The lowest BCUT2D eigenvalue weighted by Crippen LogP contribution is -2.47. The normalized spacial score (nSPS) is 14.6. The summed E-state index contributed by atoms with van der Waals surface area (Å²) < 4.78 is 12.5. The molecule has 1 aliphatic heterocycles. The first-order valence-electron chi connectivity index (χ1n) is 12.8. The molecule has 1 N–H and O–H groups in total. The third-order valence-electron chi connectivity index (χ3n) is 6.72. The molecule has 10 nitrogen and oxygen atoms in total. The molecule has 194 valence electrons. The van der Waals surface area contributed by atoms with E-state index in [1.54, 1.807) is 17.9 Å². The lowest BCUT2D eigenvalue weighted by Gasteiger charge is -2.36. The summed E-state index contributed by atoms with van der Waals surface area (Å²) >= 11 is 0. The summed E-state index contributed by atoms with van der Waals surface area (Å²) in [5, 5.41) is 16.4. The van der Waals surface area contributed by atoms with E-state index in [4.69, 9.17) is 14.3 Å². The van der Waals surface area contributed by atoms with Crippen molar-refractivity contribution in [3.63, 3.8) is 0 Å². The van der Waals surface area contributed by atoms with Gasteiger partial charge in [-0.25, -0.2) is 0 Å². The number of rotatable bonds is 10. The fourth-order valence-corrected chi connectivity index (χ4v) is 4.61. The first-order chi connectivity index (χ1) is 18.1. The molecule has 10 heteroatoms. The second kappa shape index (κ2) is 11.3. The van der Waals surface area contributed by atoms with Crippen molar-refractivity contribution in [2.24, 2.45) is 0 Å². The number of ether oxygens (including phenoxy) is 1. The van der Waals surface area contributed by atoms with Crippen molar-refractivity contribution in [2.45, 2.75) is 38.6 Å². The average Bonchev–Trinajstić information content (AvgIpc) is 3.60. The van der Waals surface area contributed by atoms with E-state index in [2.05, 4.69) is 37.4 Å². The van der Waals surface area contributed by atoms with Gasteiger partial charge in [-0.1, -0.05) is 6.07 Å². The Labute approximate surface area is 216 Å². The van der Waals surface area contributed by atoms with Crippen LogP contribution in [0.1, 0.15) is 31.4 Å². The highest BCUT2D eigenvalue weighted by Crippen LogP contribution is 2.23. The molecule has 0 saturated carbocycles. The largest absolute Gasteiger partial charge is 0.497 e. The van der Waals surface area contributed by atoms with Gasteiger partial charge in [0.1, 0.15) is 17.3 Å². The molecule has 0 aliphatic carbocycles. The summed E-state index contributed by atoms with van der Waals surface area (Å²) in [6.45, 7) is 5.49. The van der Waals surface area contributed by atoms with Crippen LogP contribution in [0, 0.1) is 0 Å². The Bertz CT molecular complexity index is 1310. The number of benzene rings is 1. The molecule has 1 saturated heterocycles. The number of aryl methyl sites for hydroxylation is 2. The smallest absolute Gasteiger partial charge is 0.220 e. The highest BCUT2D eigenvalue weighted by atomic mass is 16.5. The van der Waals surface area contributed by atoms with E-state index in [1.807, 2.05) is 43.3 Å². The quantitative estimate of drug-likeness (QED) is 0.352. The van der Waals surface area contributed by atoms with E-state index in [0.29, 0.717) is 24.3 Å². The zero-order valence-corrected chi connectivity index (χ0v) is 21.3. The van der Waals surface area contributed by atoms with Crippen molar-refractivity contribution in [2.75, 3.05) is 43.1 Å². The topological polar surface area (TPSA) is 101 Å². The number of anilines is 2. The van der Waals surface area contributed by atoms with Gasteiger partial charge in [-0.2, -0.15) is 4.52 Å². The van der Waals surface area contributed by atoms with Crippen molar-refractivity contribution >= 4 is 23.1 Å². The Balaban J connectivity index is 1.15. The van der Waals surface area contributed by atoms with Crippen LogP contribution in [0.15, 0.2) is 59.2 Å². The van der Waals surface area contributed by atoms with Gasteiger partial charge in [-0.15, -0.1) is 15.3 Å². The van der Waals surface area contributed by atoms with E-state index in [0.717, 1.165) is 62.0 Å². The maximum atomic E-state index is 12.5. The standard InChI is InChI=1S/C27H33N7O3/c1-20(8-9-22-7-4-18-37-22)28-27(35)13-12-25-30-29-24-10-11-26(31-34(24)25)33-16-14-32(15-17-33)21-5-3-6-23(19-21)36-2/h3-7,10-11,18-20H,8-9,12-17H2,1-2H3,(H,28,35). The van der Waals surface area contributed by atoms with Crippen LogP contribution in [-0.2, 0) is 17.6 Å². The van der Waals surface area contributed by atoms with Crippen LogP contribution in [0.25, 0.3) is 5.65 Å². The van der Waals surface area contributed by atoms with Crippen molar-refractivity contribution in [3.05, 3.63) is 66.4 Å². The first kappa shape index (κ1) is 24.6. The number of nitrogens with zero attached hydrogens (tertiary/aromatic N) is 6. The lowest BCUT2D eigenvalue weighted by atomic mass is 10.1. The summed E-state index contributed by atoms with van der Waals surface area (Å²) in [6.07, 6.45) is 4.09. The van der Waals surface area contributed by atoms with E-state index >= 15 is 0 Å². The number of amides is 1. The molecule has 4 heterocycles. The zero-order valence-electron chi connectivity index (χ0n) is 21.3. The number of methoxy groups -OCH3 is 1. The number of aromatic nitrogens is 4. The molecule has 3 aromatic heterocycles. The van der Waals surface area contributed by atoms with E-state index < -0.39 is 0 Å². The van der Waals surface area contributed by atoms with Crippen molar-refractivity contribution < 1.29 is 13.9 Å². The molecule has 1 atom stereocenters. The van der Waals surface area contributed by atoms with Crippen LogP contribution in [0.2, 0.25) is 0 Å². The predicted octanol–water partition coefficient (Wildman–Crippen LogP) is 3.12. The maximum Gasteiger partial charge on any atom is 0.220 e. The van der Waals surface area contributed by atoms with E-state index in [1.165, 1.54) is 0 Å². The van der Waals surface area contributed by atoms with Crippen molar-refractivity contribution in [1.82, 2.24) is 25.1 Å². The molecule has 1 aromatic carbocycles. The highest BCUT2D eigenvalue weighted by Gasteiger charge is 2.20. The van der Waals surface area contributed by atoms with Gasteiger partial charge in [0.2, 0.25) is 5.91 Å². The molecule has 5 rings (SSSR count). The fourth-order valence-electron chi connectivity index (χ4n) is 4.61. The third kappa shape index (κ3) is 6.02. The van der Waals surface area contributed by atoms with Crippen LogP contribution in [0.4, 0.5) is 11.5 Å². The molecule has 0 radical (unpaired) electrons.